The molecular weight excluding hydrogens is 331 g/mol. The highest BCUT2D eigenvalue weighted by atomic mass is 16.6. The van der Waals surface area contributed by atoms with Gasteiger partial charge in [0.1, 0.15) is 0 Å². The molecule has 10 nitrogen and oxygen atoms in total. The van der Waals surface area contributed by atoms with Gasteiger partial charge in [-0.2, -0.15) is 5.10 Å². The van der Waals surface area contributed by atoms with Crippen LogP contribution in [0.1, 0.15) is 0 Å². The minimum Gasteiger partial charge on any atom is -0.494 e. The van der Waals surface area contributed by atoms with Crippen LogP contribution in [0.2, 0.25) is 0 Å². The van der Waals surface area contributed by atoms with Crippen LogP contribution in [-0.2, 0) is 18.9 Å². The minimum atomic E-state index is -1.18. The van der Waals surface area contributed by atoms with Crippen molar-refractivity contribution < 1.29 is 23.8 Å². The van der Waals surface area contributed by atoms with Crippen molar-refractivity contribution in [2.24, 2.45) is 0 Å². The normalized spacial score (nSPS) is 16.0. The zero-order valence-electron chi connectivity index (χ0n) is 13.2. The largest absolute Gasteiger partial charge is 0.639 e. The van der Waals surface area contributed by atoms with Crippen LogP contribution in [0.25, 0.3) is 5.69 Å². The van der Waals surface area contributed by atoms with Crippen molar-refractivity contribution in [3.63, 3.8) is 0 Å². The van der Waals surface area contributed by atoms with Crippen molar-refractivity contribution in [2.75, 3.05) is 20.1 Å². The number of hydrogen-bond acceptors (Lipinski definition) is 8. The summed E-state index contributed by atoms with van der Waals surface area (Å²) in [5.41, 5.74) is 0.910. The summed E-state index contributed by atoms with van der Waals surface area (Å²) in [6, 6.07) is 5.75. The lowest BCUT2D eigenvalue weighted by molar-refractivity contribution is -0.384. The summed E-state index contributed by atoms with van der Waals surface area (Å²) in [4.78, 5) is 35.2. The van der Waals surface area contributed by atoms with E-state index in [4.69, 9.17) is 9.31 Å². The number of nitro benzene ring substituents is 1. The molecule has 1 aliphatic rings. The molecule has 2 aromatic rings. The van der Waals surface area contributed by atoms with E-state index >= 15 is 0 Å². The van der Waals surface area contributed by atoms with E-state index in [1.165, 1.54) is 46.2 Å². The van der Waals surface area contributed by atoms with Gasteiger partial charge in [-0.3, -0.25) is 24.6 Å². The molecule has 1 fully saturated rings. The maximum absolute atomic E-state index is 11.8. The second-order valence-electron chi connectivity index (χ2n) is 5.48. The van der Waals surface area contributed by atoms with Gasteiger partial charge in [0.2, 0.25) is 0 Å². The molecule has 0 saturated carbocycles. The van der Waals surface area contributed by atoms with Crippen molar-refractivity contribution in [1.82, 2.24) is 14.7 Å². The first-order chi connectivity index (χ1) is 11.9. The van der Waals surface area contributed by atoms with Crippen LogP contribution in [0.3, 0.4) is 0 Å². The van der Waals surface area contributed by atoms with E-state index in [-0.39, 0.29) is 18.8 Å². The summed E-state index contributed by atoms with van der Waals surface area (Å²) in [6.45, 7) is -0.0514. The van der Waals surface area contributed by atoms with Crippen LogP contribution in [0, 0.1) is 10.1 Å². The van der Waals surface area contributed by atoms with Gasteiger partial charge in [0.25, 0.3) is 5.69 Å². The zero-order valence-corrected chi connectivity index (χ0v) is 13.2. The van der Waals surface area contributed by atoms with Gasteiger partial charge in [-0.15, -0.1) is 0 Å². The third-order valence-electron chi connectivity index (χ3n) is 3.47. The molecule has 3 rings (SSSR count). The first-order valence-corrected chi connectivity index (χ1v) is 7.29. The summed E-state index contributed by atoms with van der Waals surface area (Å²) in [6.07, 6.45) is 2.93. The van der Waals surface area contributed by atoms with Gasteiger partial charge in [-0.25, -0.2) is 4.68 Å². The van der Waals surface area contributed by atoms with Crippen molar-refractivity contribution in [3.05, 3.63) is 46.8 Å². The highest BCUT2D eigenvalue weighted by Gasteiger charge is 2.35. The fraction of sp³-hybridized carbons (Fsp3) is 0.214. The Kier molecular flexibility index (Phi) is 4.48. The SMILES string of the molecule is CN1CC(=O)OB(c2cnn(-c3ccc([N+](=O)[O-])cc3)c2)OC(=O)C1. The topological polar surface area (TPSA) is 117 Å². The highest BCUT2D eigenvalue weighted by Crippen LogP contribution is 2.14. The van der Waals surface area contributed by atoms with Gasteiger partial charge in [0.15, 0.2) is 0 Å². The van der Waals surface area contributed by atoms with E-state index in [2.05, 4.69) is 5.10 Å². The van der Waals surface area contributed by atoms with E-state index < -0.39 is 24.0 Å². The summed E-state index contributed by atoms with van der Waals surface area (Å²) in [5.74, 6) is -1.05. The molecular formula is C14H13BN4O6. The van der Waals surface area contributed by atoms with Crippen molar-refractivity contribution in [2.45, 2.75) is 0 Å². The first kappa shape index (κ1) is 16.6. The molecule has 25 heavy (non-hydrogen) atoms. The molecule has 0 radical (unpaired) electrons. The van der Waals surface area contributed by atoms with Gasteiger partial charge in [0.05, 0.1) is 35.4 Å². The van der Waals surface area contributed by atoms with Crippen LogP contribution in [-0.4, -0.2) is 58.8 Å². The van der Waals surface area contributed by atoms with Crippen LogP contribution < -0.4 is 5.46 Å². The average Bonchev–Trinajstić information content (AvgIpc) is 3.02. The molecule has 1 saturated heterocycles. The zero-order chi connectivity index (χ0) is 18.0. The molecule has 0 unspecified atom stereocenters. The molecule has 1 aromatic heterocycles. The number of rotatable bonds is 3. The number of carbonyl (C=O) groups excluding carboxylic acids is 2. The predicted molar refractivity (Wildman–Crippen MR) is 85.3 cm³/mol. The predicted octanol–water partition coefficient (Wildman–Crippen LogP) is -0.492. The Bertz CT molecular complexity index is 801. The van der Waals surface area contributed by atoms with E-state index in [1.54, 1.807) is 7.05 Å². The molecule has 0 N–H and O–H groups in total. The number of aromatic nitrogens is 2. The fourth-order valence-corrected chi connectivity index (χ4v) is 2.30. The standard InChI is InChI=1S/C14H13BN4O6/c1-17-8-13(20)24-15(25-14(21)9-17)10-6-16-18(7-10)11-2-4-12(5-3-11)19(22)23/h2-7H,8-9H2,1H3. The second-order valence-corrected chi connectivity index (χ2v) is 5.48. The molecule has 11 heteroatoms. The van der Waals surface area contributed by atoms with Crippen molar-refractivity contribution in [1.29, 1.82) is 0 Å². The number of likely N-dealkylation sites (N-methyl/N-ethyl adjacent to an activating group) is 1. The van der Waals surface area contributed by atoms with Crippen LogP contribution in [0.4, 0.5) is 5.69 Å². The monoisotopic (exact) mass is 344 g/mol. The van der Waals surface area contributed by atoms with Gasteiger partial charge in [-0.05, 0) is 19.2 Å². The Morgan fingerprint density at radius 2 is 1.76 bits per heavy atom. The number of carbonyl (C=O) groups is 2. The van der Waals surface area contributed by atoms with E-state index in [0.717, 1.165) is 0 Å². The molecule has 1 aromatic carbocycles. The van der Waals surface area contributed by atoms with Crippen molar-refractivity contribution in [3.8, 4) is 5.69 Å². The van der Waals surface area contributed by atoms with E-state index in [9.17, 15) is 19.7 Å². The maximum Gasteiger partial charge on any atom is 0.639 e. The lowest BCUT2D eigenvalue weighted by Gasteiger charge is -2.21. The molecule has 0 amide bonds. The Hall–Kier alpha value is -3.21. The lowest BCUT2D eigenvalue weighted by atomic mass is 9.81. The molecule has 0 bridgehead atoms. The summed E-state index contributed by atoms with van der Waals surface area (Å²) in [7, 11) is 0.427. The number of nitrogens with zero attached hydrogens (tertiary/aromatic N) is 4. The Balaban J connectivity index is 1.81. The molecule has 2 heterocycles. The number of non-ortho nitro benzene ring substituents is 1. The van der Waals surface area contributed by atoms with Gasteiger partial charge < -0.3 is 9.31 Å². The second kappa shape index (κ2) is 6.73. The Morgan fingerprint density at radius 3 is 2.32 bits per heavy atom. The van der Waals surface area contributed by atoms with Crippen molar-refractivity contribution >= 4 is 30.2 Å². The third kappa shape index (κ3) is 3.83. The summed E-state index contributed by atoms with van der Waals surface area (Å²) in [5, 5.41) is 14.8. The summed E-state index contributed by atoms with van der Waals surface area (Å²) >= 11 is 0. The molecule has 0 aliphatic carbocycles. The molecule has 0 atom stereocenters. The molecule has 128 valence electrons. The Labute approximate surface area is 142 Å². The number of hydrogen-bond donors (Lipinski definition) is 0. The maximum atomic E-state index is 11.8. The lowest BCUT2D eigenvalue weighted by Crippen LogP contribution is -2.47. The van der Waals surface area contributed by atoms with E-state index in [1.807, 2.05) is 0 Å². The fourth-order valence-electron chi connectivity index (χ4n) is 2.30. The van der Waals surface area contributed by atoms with Gasteiger partial charge in [-0.1, -0.05) is 0 Å². The summed E-state index contributed by atoms with van der Waals surface area (Å²) < 4.78 is 11.7. The van der Waals surface area contributed by atoms with Gasteiger partial charge in [0, 0.05) is 18.3 Å². The Morgan fingerprint density at radius 1 is 1.16 bits per heavy atom. The molecule has 1 aliphatic heterocycles. The van der Waals surface area contributed by atoms with Gasteiger partial charge >= 0.3 is 19.1 Å². The average molecular weight is 344 g/mol. The molecule has 0 spiro atoms. The number of nitro groups is 1. The quantitative estimate of drug-likeness (QED) is 0.416. The smallest absolute Gasteiger partial charge is 0.494 e. The van der Waals surface area contributed by atoms with E-state index in [0.29, 0.717) is 11.2 Å². The first-order valence-electron chi connectivity index (χ1n) is 7.29. The minimum absolute atomic E-state index is 0.0257. The van der Waals surface area contributed by atoms with Crippen LogP contribution in [0.15, 0.2) is 36.7 Å². The van der Waals surface area contributed by atoms with Crippen LogP contribution in [0.5, 0.6) is 0 Å². The third-order valence-corrected chi connectivity index (χ3v) is 3.47. The van der Waals surface area contributed by atoms with Crippen LogP contribution >= 0.6 is 0 Å². The highest BCUT2D eigenvalue weighted by molar-refractivity contribution is 6.64. The number of benzene rings is 1.